The molecule has 0 aromatic heterocycles. The molecule has 5 heteroatoms. The zero-order valence-electron chi connectivity index (χ0n) is 9.63. The molecule has 0 fully saturated rings. The minimum absolute atomic E-state index is 0.0784. The number of benzene rings is 1. The van der Waals surface area contributed by atoms with E-state index in [0.717, 1.165) is 5.56 Å². The first-order valence-electron chi connectivity index (χ1n) is 5.27. The van der Waals surface area contributed by atoms with Gasteiger partial charge in [-0.25, -0.2) is 9.59 Å². The molecule has 0 saturated heterocycles. The van der Waals surface area contributed by atoms with Gasteiger partial charge in [-0.2, -0.15) is 0 Å². The number of nitrogens with one attached hydrogen (secondary N) is 1. The largest absolute Gasteiger partial charge is 0.480 e. The van der Waals surface area contributed by atoms with Crippen LogP contribution in [0, 0.1) is 12.3 Å². The summed E-state index contributed by atoms with van der Waals surface area (Å²) in [5, 5.41) is 11.0. The summed E-state index contributed by atoms with van der Waals surface area (Å²) in [6.07, 6.45) is 4.11. The lowest BCUT2D eigenvalue weighted by molar-refractivity contribution is -0.139. The molecule has 0 radical (unpaired) electrons. The Hall–Kier alpha value is -2.48. The van der Waals surface area contributed by atoms with E-state index in [1.54, 1.807) is 12.1 Å². The van der Waals surface area contributed by atoms with Crippen molar-refractivity contribution in [2.24, 2.45) is 0 Å². The van der Waals surface area contributed by atoms with Crippen molar-refractivity contribution < 1.29 is 19.4 Å². The molecule has 1 aromatic rings. The number of alkyl carbamates (subject to hydrolysis) is 1. The zero-order chi connectivity index (χ0) is 13.4. The summed E-state index contributed by atoms with van der Waals surface area (Å²) in [4.78, 5) is 22.1. The van der Waals surface area contributed by atoms with Crippen LogP contribution < -0.4 is 5.32 Å². The first-order valence-corrected chi connectivity index (χ1v) is 5.27. The van der Waals surface area contributed by atoms with E-state index in [1.165, 1.54) is 0 Å². The first-order chi connectivity index (χ1) is 8.63. The molecule has 0 aliphatic rings. The molecule has 2 N–H and O–H groups in total. The molecule has 0 aliphatic heterocycles. The molecular formula is C13H13NO4. The average Bonchev–Trinajstić information content (AvgIpc) is 2.37. The molecule has 0 heterocycles. The lowest BCUT2D eigenvalue weighted by Crippen LogP contribution is -2.40. The number of carboxylic acid groups (broad SMARTS) is 1. The Morgan fingerprint density at radius 3 is 2.61 bits per heavy atom. The van der Waals surface area contributed by atoms with Crippen LogP contribution >= 0.6 is 0 Å². The second kappa shape index (κ2) is 6.97. The minimum atomic E-state index is -1.19. The van der Waals surface area contributed by atoms with Gasteiger partial charge in [0.15, 0.2) is 0 Å². The molecule has 94 valence electrons. The van der Waals surface area contributed by atoms with Gasteiger partial charge in [0.2, 0.25) is 0 Å². The molecule has 18 heavy (non-hydrogen) atoms. The van der Waals surface area contributed by atoms with Crippen LogP contribution in [0.5, 0.6) is 0 Å². The van der Waals surface area contributed by atoms with Crippen molar-refractivity contribution in [2.45, 2.75) is 19.1 Å². The van der Waals surface area contributed by atoms with Gasteiger partial charge in [-0.05, 0) is 5.56 Å². The standard InChI is InChI=1S/C13H13NO4/c1-2-6-11(12(15)16)14-13(17)18-9-10-7-4-3-5-8-10/h1,3-5,7-8,11H,6,9H2,(H,14,17)(H,15,16)/t11-/m0/s1. The lowest BCUT2D eigenvalue weighted by Gasteiger charge is -2.12. The average molecular weight is 247 g/mol. The maximum Gasteiger partial charge on any atom is 0.408 e. The number of hydrogen-bond acceptors (Lipinski definition) is 3. The number of carbonyl (C=O) groups excluding carboxylic acids is 1. The van der Waals surface area contributed by atoms with Crippen LogP contribution in [0.15, 0.2) is 30.3 Å². The smallest absolute Gasteiger partial charge is 0.408 e. The van der Waals surface area contributed by atoms with Crippen molar-refractivity contribution in [3.8, 4) is 12.3 Å². The Morgan fingerprint density at radius 2 is 2.06 bits per heavy atom. The van der Waals surface area contributed by atoms with Crippen molar-refractivity contribution in [3.05, 3.63) is 35.9 Å². The van der Waals surface area contributed by atoms with E-state index in [9.17, 15) is 9.59 Å². The predicted molar refractivity (Wildman–Crippen MR) is 64.6 cm³/mol. The zero-order valence-corrected chi connectivity index (χ0v) is 9.63. The summed E-state index contributed by atoms with van der Waals surface area (Å²) >= 11 is 0. The fourth-order valence-corrected chi connectivity index (χ4v) is 1.22. The molecule has 1 amide bonds. The van der Waals surface area contributed by atoms with Gasteiger partial charge in [0.05, 0.1) is 0 Å². The fourth-order valence-electron chi connectivity index (χ4n) is 1.22. The summed E-state index contributed by atoms with van der Waals surface area (Å²) in [6, 6.07) is 7.94. The number of terminal acetylenes is 1. The number of hydrogen-bond donors (Lipinski definition) is 2. The predicted octanol–water partition coefficient (Wildman–Crippen LogP) is 1.39. The van der Waals surface area contributed by atoms with Gasteiger partial charge >= 0.3 is 12.1 Å². The highest BCUT2D eigenvalue weighted by Gasteiger charge is 2.19. The second-order valence-corrected chi connectivity index (χ2v) is 3.51. The minimum Gasteiger partial charge on any atom is -0.480 e. The molecule has 0 unspecified atom stereocenters. The van der Waals surface area contributed by atoms with Crippen molar-refractivity contribution in [1.29, 1.82) is 0 Å². The van der Waals surface area contributed by atoms with Gasteiger partial charge in [-0.1, -0.05) is 30.3 Å². The monoisotopic (exact) mass is 247 g/mol. The topological polar surface area (TPSA) is 75.6 Å². The number of aliphatic carboxylic acids is 1. The number of rotatable bonds is 5. The van der Waals surface area contributed by atoms with Gasteiger partial charge < -0.3 is 15.2 Å². The van der Waals surface area contributed by atoms with E-state index in [4.69, 9.17) is 16.3 Å². The molecule has 0 spiro atoms. The van der Waals surface area contributed by atoms with Crippen LogP contribution in [0.4, 0.5) is 4.79 Å². The normalized spacial score (nSPS) is 11.1. The Bertz CT molecular complexity index is 450. The third kappa shape index (κ3) is 4.58. The third-order valence-electron chi connectivity index (χ3n) is 2.12. The van der Waals surface area contributed by atoms with E-state index >= 15 is 0 Å². The van der Waals surface area contributed by atoms with Crippen LogP contribution in [0.3, 0.4) is 0 Å². The molecule has 1 aromatic carbocycles. The van der Waals surface area contributed by atoms with E-state index < -0.39 is 18.1 Å². The highest BCUT2D eigenvalue weighted by atomic mass is 16.5. The van der Waals surface area contributed by atoms with Crippen molar-refractivity contribution in [3.63, 3.8) is 0 Å². The summed E-state index contributed by atoms with van der Waals surface area (Å²) in [5.41, 5.74) is 0.816. The third-order valence-corrected chi connectivity index (χ3v) is 2.12. The van der Waals surface area contributed by atoms with Gasteiger partial charge in [-0.3, -0.25) is 0 Å². The van der Waals surface area contributed by atoms with Gasteiger partial charge in [-0.15, -0.1) is 12.3 Å². The Morgan fingerprint density at radius 1 is 1.39 bits per heavy atom. The molecule has 0 bridgehead atoms. The van der Waals surface area contributed by atoms with E-state index in [1.807, 2.05) is 18.2 Å². The summed E-state index contributed by atoms with van der Waals surface area (Å²) < 4.78 is 4.87. The van der Waals surface area contributed by atoms with Crippen LogP contribution in [-0.2, 0) is 16.1 Å². The van der Waals surface area contributed by atoms with Gasteiger partial charge in [0.1, 0.15) is 12.6 Å². The highest BCUT2D eigenvalue weighted by molar-refractivity contribution is 5.80. The molecular weight excluding hydrogens is 234 g/mol. The highest BCUT2D eigenvalue weighted by Crippen LogP contribution is 2.01. The number of amides is 1. The number of ether oxygens (including phenoxy) is 1. The Kier molecular flexibility index (Phi) is 5.26. The second-order valence-electron chi connectivity index (χ2n) is 3.51. The molecule has 5 nitrogen and oxygen atoms in total. The summed E-state index contributed by atoms with van der Waals surface area (Å²) in [6.45, 7) is 0.0784. The van der Waals surface area contributed by atoms with E-state index in [0.29, 0.717) is 0 Å². The summed E-state index contributed by atoms with van der Waals surface area (Å²) in [7, 11) is 0. The number of carboxylic acids is 1. The maximum absolute atomic E-state index is 11.3. The molecule has 1 atom stereocenters. The Labute approximate surface area is 105 Å². The fraction of sp³-hybridized carbons (Fsp3) is 0.231. The van der Waals surface area contributed by atoms with Crippen LogP contribution in [0.25, 0.3) is 0 Å². The van der Waals surface area contributed by atoms with Crippen LogP contribution in [0.1, 0.15) is 12.0 Å². The quantitative estimate of drug-likeness (QED) is 0.771. The molecule has 0 aliphatic carbocycles. The lowest BCUT2D eigenvalue weighted by atomic mass is 10.2. The van der Waals surface area contributed by atoms with Crippen LogP contribution in [0.2, 0.25) is 0 Å². The van der Waals surface area contributed by atoms with Gasteiger partial charge in [0, 0.05) is 6.42 Å². The molecule has 0 saturated carbocycles. The molecule has 1 rings (SSSR count). The first kappa shape index (κ1) is 13.6. The van der Waals surface area contributed by atoms with Gasteiger partial charge in [0.25, 0.3) is 0 Å². The SMILES string of the molecule is C#CC[C@H](NC(=O)OCc1ccccc1)C(=O)O. The van der Waals surface area contributed by atoms with Crippen molar-refractivity contribution in [2.75, 3.05) is 0 Å². The number of carbonyl (C=O) groups is 2. The van der Waals surface area contributed by atoms with Crippen molar-refractivity contribution in [1.82, 2.24) is 5.32 Å². The summed E-state index contributed by atoms with van der Waals surface area (Å²) in [5.74, 6) is 0.987. The van der Waals surface area contributed by atoms with E-state index in [2.05, 4.69) is 11.2 Å². The maximum atomic E-state index is 11.3. The van der Waals surface area contributed by atoms with Crippen LogP contribution in [-0.4, -0.2) is 23.2 Å². The van der Waals surface area contributed by atoms with Crippen molar-refractivity contribution >= 4 is 12.1 Å². The Balaban J connectivity index is 2.42. The van der Waals surface area contributed by atoms with E-state index in [-0.39, 0.29) is 13.0 Å².